The van der Waals surface area contributed by atoms with Crippen molar-refractivity contribution in [2.75, 3.05) is 6.54 Å². The molecule has 2 rings (SSSR count). The van der Waals surface area contributed by atoms with E-state index in [0.29, 0.717) is 0 Å². The summed E-state index contributed by atoms with van der Waals surface area (Å²) in [5.41, 5.74) is 1.28. The lowest BCUT2D eigenvalue weighted by Crippen LogP contribution is -2.13. The molecule has 0 spiro atoms. The Hall–Kier alpha value is -0.180. The van der Waals surface area contributed by atoms with Gasteiger partial charge in [-0.3, -0.25) is 0 Å². The van der Waals surface area contributed by atoms with Crippen LogP contribution in [0.1, 0.15) is 51.0 Å². The number of rotatable bonds is 6. The van der Waals surface area contributed by atoms with Crippen molar-refractivity contribution in [2.45, 2.75) is 62.1 Å². The van der Waals surface area contributed by atoms with E-state index < -0.39 is 0 Å². The number of hydrogen-bond donors (Lipinski definition) is 1. The highest BCUT2D eigenvalue weighted by molar-refractivity contribution is 8.00. The molecular formula is C16H24ClNS. The fourth-order valence-electron chi connectivity index (χ4n) is 2.52. The summed E-state index contributed by atoms with van der Waals surface area (Å²) in [7, 11) is 0. The van der Waals surface area contributed by atoms with Crippen molar-refractivity contribution in [3.8, 4) is 0 Å². The van der Waals surface area contributed by atoms with Crippen LogP contribution in [0, 0.1) is 0 Å². The normalized spacial score (nSPS) is 16.7. The Morgan fingerprint density at radius 2 is 2.05 bits per heavy atom. The van der Waals surface area contributed by atoms with E-state index in [-0.39, 0.29) is 0 Å². The Morgan fingerprint density at radius 1 is 1.26 bits per heavy atom. The third-order valence-electron chi connectivity index (χ3n) is 3.60. The summed E-state index contributed by atoms with van der Waals surface area (Å²) in [4.78, 5) is 1.26. The average molecular weight is 298 g/mol. The number of thioether (sulfide) groups is 1. The maximum absolute atomic E-state index is 6.41. The van der Waals surface area contributed by atoms with Crippen molar-refractivity contribution in [3.05, 3.63) is 28.8 Å². The molecule has 0 aromatic heterocycles. The summed E-state index contributed by atoms with van der Waals surface area (Å²) in [6.45, 7) is 4.17. The zero-order valence-electron chi connectivity index (χ0n) is 11.8. The van der Waals surface area contributed by atoms with Gasteiger partial charge in [0.05, 0.1) is 5.02 Å². The zero-order chi connectivity index (χ0) is 13.5. The first kappa shape index (κ1) is 15.2. The van der Waals surface area contributed by atoms with Gasteiger partial charge in [0.1, 0.15) is 0 Å². The molecule has 1 aliphatic rings. The summed E-state index contributed by atoms with van der Waals surface area (Å²) < 4.78 is 0. The van der Waals surface area contributed by atoms with Crippen LogP contribution in [0.25, 0.3) is 0 Å². The summed E-state index contributed by atoms with van der Waals surface area (Å²) in [5.74, 6) is 0. The molecule has 0 aliphatic heterocycles. The molecule has 0 heterocycles. The van der Waals surface area contributed by atoms with Gasteiger partial charge in [0, 0.05) is 16.7 Å². The molecule has 0 saturated heterocycles. The summed E-state index contributed by atoms with van der Waals surface area (Å²) >= 11 is 8.39. The minimum absolute atomic E-state index is 0.773. The largest absolute Gasteiger partial charge is 0.313 e. The second-order valence-electron chi connectivity index (χ2n) is 5.32. The van der Waals surface area contributed by atoms with Crippen LogP contribution in [0.3, 0.4) is 0 Å². The zero-order valence-corrected chi connectivity index (χ0v) is 13.3. The minimum Gasteiger partial charge on any atom is -0.313 e. The van der Waals surface area contributed by atoms with E-state index in [4.69, 9.17) is 11.6 Å². The Labute approximate surface area is 126 Å². The van der Waals surface area contributed by atoms with E-state index in [1.165, 1.54) is 49.0 Å². The lowest BCUT2D eigenvalue weighted by atomic mass is 10.0. The standard InChI is InChI=1S/C16H24ClNS/c1-2-10-18-12-13-8-9-16(15(17)11-13)19-14-6-4-3-5-7-14/h8-9,11,14,18H,2-7,10,12H2,1H3. The highest BCUT2D eigenvalue weighted by Crippen LogP contribution is 2.37. The molecule has 106 valence electrons. The Bertz CT molecular complexity index is 388. The predicted molar refractivity (Wildman–Crippen MR) is 86.2 cm³/mol. The van der Waals surface area contributed by atoms with Crippen LogP contribution in [0.15, 0.2) is 23.1 Å². The van der Waals surface area contributed by atoms with Crippen LogP contribution in [0.4, 0.5) is 0 Å². The van der Waals surface area contributed by atoms with Gasteiger partial charge in [0.25, 0.3) is 0 Å². The smallest absolute Gasteiger partial charge is 0.0545 e. The molecule has 3 heteroatoms. The van der Waals surface area contributed by atoms with E-state index in [1.54, 1.807) is 0 Å². The fourth-order valence-corrected chi connectivity index (χ4v) is 4.10. The van der Waals surface area contributed by atoms with Crippen molar-refractivity contribution >= 4 is 23.4 Å². The number of nitrogens with one attached hydrogen (secondary N) is 1. The van der Waals surface area contributed by atoms with Gasteiger partial charge in [-0.1, -0.05) is 43.9 Å². The van der Waals surface area contributed by atoms with Gasteiger partial charge < -0.3 is 5.32 Å². The number of benzene rings is 1. The molecule has 0 radical (unpaired) electrons. The van der Waals surface area contributed by atoms with Crippen LogP contribution >= 0.6 is 23.4 Å². The van der Waals surface area contributed by atoms with E-state index >= 15 is 0 Å². The maximum Gasteiger partial charge on any atom is 0.0545 e. The third kappa shape index (κ3) is 5.02. The molecule has 1 N–H and O–H groups in total. The van der Waals surface area contributed by atoms with Crippen LogP contribution in [-0.4, -0.2) is 11.8 Å². The Balaban J connectivity index is 1.90. The summed E-state index contributed by atoms with van der Waals surface area (Å²) in [5, 5.41) is 5.11. The quantitative estimate of drug-likeness (QED) is 0.718. The summed E-state index contributed by atoms with van der Waals surface area (Å²) in [6, 6.07) is 6.53. The first-order valence-electron chi connectivity index (χ1n) is 7.45. The van der Waals surface area contributed by atoms with Gasteiger partial charge in [0.2, 0.25) is 0 Å². The molecule has 0 atom stereocenters. The fraction of sp³-hybridized carbons (Fsp3) is 0.625. The highest BCUT2D eigenvalue weighted by atomic mass is 35.5. The van der Waals surface area contributed by atoms with Crippen LogP contribution < -0.4 is 5.32 Å². The molecule has 0 unspecified atom stereocenters. The van der Waals surface area contributed by atoms with E-state index in [0.717, 1.165) is 23.4 Å². The Kier molecular flexibility index (Phi) is 6.55. The molecule has 1 fully saturated rings. The van der Waals surface area contributed by atoms with Crippen molar-refractivity contribution < 1.29 is 0 Å². The Morgan fingerprint density at radius 3 is 2.74 bits per heavy atom. The predicted octanol–water partition coefficient (Wildman–Crippen LogP) is 5.26. The molecule has 1 aromatic carbocycles. The molecular weight excluding hydrogens is 274 g/mol. The topological polar surface area (TPSA) is 12.0 Å². The first-order chi connectivity index (χ1) is 9.29. The van der Waals surface area contributed by atoms with Gasteiger partial charge >= 0.3 is 0 Å². The van der Waals surface area contributed by atoms with Gasteiger partial charge in [0.15, 0.2) is 0 Å². The third-order valence-corrected chi connectivity index (χ3v) is 5.44. The van der Waals surface area contributed by atoms with Gasteiger partial charge in [-0.05, 0) is 43.5 Å². The highest BCUT2D eigenvalue weighted by Gasteiger charge is 2.16. The first-order valence-corrected chi connectivity index (χ1v) is 8.71. The summed E-state index contributed by atoms with van der Waals surface area (Å²) in [6.07, 6.45) is 8.04. The van der Waals surface area contributed by atoms with Gasteiger partial charge in [-0.15, -0.1) is 11.8 Å². The second kappa shape index (κ2) is 8.18. The van der Waals surface area contributed by atoms with E-state index in [2.05, 4.69) is 30.4 Å². The maximum atomic E-state index is 6.41. The van der Waals surface area contributed by atoms with Crippen molar-refractivity contribution in [3.63, 3.8) is 0 Å². The minimum atomic E-state index is 0.773. The van der Waals surface area contributed by atoms with Crippen LogP contribution in [0.5, 0.6) is 0 Å². The second-order valence-corrected chi connectivity index (χ2v) is 7.07. The monoisotopic (exact) mass is 297 g/mol. The number of hydrogen-bond acceptors (Lipinski definition) is 2. The molecule has 1 aliphatic carbocycles. The van der Waals surface area contributed by atoms with Crippen LogP contribution in [-0.2, 0) is 6.54 Å². The molecule has 0 amide bonds. The molecule has 0 bridgehead atoms. The lowest BCUT2D eigenvalue weighted by molar-refractivity contribution is 0.516. The van der Waals surface area contributed by atoms with Crippen LogP contribution in [0.2, 0.25) is 5.02 Å². The van der Waals surface area contributed by atoms with Crippen molar-refractivity contribution in [2.24, 2.45) is 0 Å². The van der Waals surface area contributed by atoms with Crippen molar-refractivity contribution in [1.82, 2.24) is 5.32 Å². The molecule has 1 nitrogen and oxygen atoms in total. The average Bonchev–Trinajstić information content (AvgIpc) is 2.43. The molecule has 19 heavy (non-hydrogen) atoms. The van der Waals surface area contributed by atoms with E-state index in [9.17, 15) is 0 Å². The SMILES string of the molecule is CCCNCc1ccc(SC2CCCCC2)c(Cl)c1. The number of halogens is 1. The van der Waals surface area contributed by atoms with Gasteiger partial charge in [-0.25, -0.2) is 0 Å². The van der Waals surface area contributed by atoms with Gasteiger partial charge in [-0.2, -0.15) is 0 Å². The lowest BCUT2D eigenvalue weighted by Gasteiger charge is -2.21. The van der Waals surface area contributed by atoms with Crippen molar-refractivity contribution in [1.29, 1.82) is 0 Å². The van der Waals surface area contributed by atoms with E-state index in [1.807, 2.05) is 11.8 Å². The molecule has 1 saturated carbocycles. The molecule has 1 aromatic rings.